The fourth-order valence-electron chi connectivity index (χ4n) is 7.46. The van der Waals surface area contributed by atoms with Gasteiger partial charge in [-0.2, -0.15) is 0 Å². The Balaban J connectivity index is 0.000000224. The zero-order valence-corrected chi connectivity index (χ0v) is 36.8. The van der Waals surface area contributed by atoms with Gasteiger partial charge in [-0.25, -0.2) is 45.6 Å². The van der Waals surface area contributed by atoms with E-state index >= 15 is 0 Å². The molecule has 6 rings (SSSR count). The molecule has 0 bridgehead atoms. The summed E-state index contributed by atoms with van der Waals surface area (Å²) in [6.45, 7) is 17.6. The van der Waals surface area contributed by atoms with Crippen molar-refractivity contribution in [2.75, 3.05) is 71.4 Å². The molecule has 0 spiro atoms. The molecule has 2 fully saturated rings. The fourth-order valence-corrected chi connectivity index (χ4v) is 8.97. The molecule has 1 unspecified atom stereocenters. The van der Waals surface area contributed by atoms with Gasteiger partial charge in [0.05, 0.1) is 24.8 Å². The zero-order chi connectivity index (χ0) is 43.6. The Morgan fingerprint density at radius 2 is 1.12 bits per heavy atom. The van der Waals surface area contributed by atoms with Gasteiger partial charge in [-0.15, -0.1) is 0 Å². The van der Waals surface area contributed by atoms with E-state index in [1.165, 1.54) is 24.3 Å². The summed E-state index contributed by atoms with van der Waals surface area (Å²) in [7, 11) is -7.29. The standard InChI is InChI=1S/C21H29FN4O3S.C20H27FN4O3S/c1-13(2)19-12-25(16-6-7-18(22)20(10-16)30(5,28)29)8-9-26(19)21-23-11-17(15(4)27)14(3)24-21;1-13(2)18-11-24(16-5-6-17(21)19(9-16)29(4,27)28)7-8-25(18)20-22-10-15(12-26)14(3)23-20/h6-7,10-11,13,15,19,27H,8-9,12H2,1-5H3;5-6,9-10,13,18,26H,7-8,11-12H2,1-4H3/t15?,19-;18-/m00/s1. The van der Waals surface area contributed by atoms with E-state index in [4.69, 9.17) is 0 Å². The third-order valence-electron chi connectivity index (χ3n) is 10.9. The smallest absolute Gasteiger partial charge is 0.225 e. The normalized spacial score (nSPS) is 18.3. The van der Waals surface area contributed by atoms with Gasteiger partial charge in [-0.1, -0.05) is 27.7 Å². The molecule has 0 saturated carbocycles. The summed E-state index contributed by atoms with van der Waals surface area (Å²) in [4.78, 5) is 26.0. The topological polar surface area (TPSA) is 173 Å². The van der Waals surface area contributed by atoms with Crippen LogP contribution in [0.25, 0.3) is 0 Å². The summed E-state index contributed by atoms with van der Waals surface area (Å²) in [6, 6.07) is 8.66. The molecule has 3 atom stereocenters. The first-order chi connectivity index (χ1) is 27.6. The van der Waals surface area contributed by atoms with Crippen LogP contribution in [-0.2, 0) is 26.3 Å². The lowest BCUT2D eigenvalue weighted by Gasteiger charge is -2.44. The van der Waals surface area contributed by atoms with Crippen molar-refractivity contribution in [3.8, 4) is 0 Å². The Morgan fingerprint density at radius 1 is 0.695 bits per heavy atom. The predicted octanol–water partition coefficient (Wildman–Crippen LogP) is 4.90. The minimum Gasteiger partial charge on any atom is -0.392 e. The van der Waals surface area contributed by atoms with Crippen LogP contribution in [0.1, 0.15) is 63.2 Å². The van der Waals surface area contributed by atoms with Gasteiger partial charge in [-0.05, 0) is 69.0 Å². The second-order valence-corrected chi connectivity index (χ2v) is 20.0. The number of aryl methyl sites for hydroxylation is 2. The fraction of sp³-hybridized carbons (Fsp3) is 0.512. The van der Waals surface area contributed by atoms with Crippen LogP contribution in [0.4, 0.5) is 32.1 Å². The van der Waals surface area contributed by atoms with Crippen LogP contribution in [0.3, 0.4) is 0 Å². The van der Waals surface area contributed by atoms with E-state index in [1.807, 2.05) is 13.8 Å². The van der Waals surface area contributed by atoms with Crippen LogP contribution in [0, 0.1) is 37.3 Å². The monoisotopic (exact) mass is 858 g/mol. The molecule has 0 aliphatic carbocycles. The number of aliphatic hydroxyl groups is 2. The lowest BCUT2D eigenvalue weighted by Crippen LogP contribution is -2.56. The first-order valence-electron chi connectivity index (χ1n) is 19.6. The van der Waals surface area contributed by atoms with E-state index in [2.05, 4.69) is 67.2 Å². The van der Waals surface area contributed by atoms with Crippen molar-refractivity contribution < 1.29 is 35.8 Å². The molecule has 2 N–H and O–H groups in total. The molecule has 2 aromatic carbocycles. The Morgan fingerprint density at radius 3 is 1.47 bits per heavy atom. The quantitative estimate of drug-likeness (QED) is 0.221. The number of aromatic nitrogens is 4. The molecule has 322 valence electrons. The molecule has 4 heterocycles. The number of sulfone groups is 2. The van der Waals surface area contributed by atoms with E-state index in [0.29, 0.717) is 73.7 Å². The summed E-state index contributed by atoms with van der Waals surface area (Å²) in [6.07, 6.45) is 4.73. The molecule has 4 aromatic rings. The minimum atomic E-state index is -3.65. The number of halogens is 2. The molecule has 2 aliphatic heterocycles. The largest absolute Gasteiger partial charge is 0.392 e. The van der Waals surface area contributed by atoms with Gasteiger partial charge >= 0.3 is 0 Å². The number of anilines is 4. The van der Waals surface area contributed by atoms with Gasteiger partial charge in [0.1, 0.15) is 21.4 Å². The first kappa shape index (κ1) is 45.6. The maximum Gasteiger partial charge on any atom is 0.225 e. The Hall–Kier alpha value is -4.52. The second kappa shape index (κ2) is 18.4. The van der Waals surface area contributed by atoms with Gasteiger partial charge in [0.15, 0.2) is 19.7 Å². The predicted molar refractivity (Wildman–Crippen MR) is 225 cm³/mol. The second-order valence-electron chi connectivity index (χ2n) is 16.0. The Bertz CT molecular complexity index is 2350. The molecule has 0 amide bonds. The third-order valence-corrected chi connectivity index (χ3v) is 13.2. The van der Waals surface area contributed by atoms with Crippen molar-refractivity contribution in [2.45, 2.75) is 83.1 Å². The van der Waals surface area contributed by atoms with Crippen LogP contribution < -0.4 is 19.6 Å². The first-order valence-corrected chi connectivity index (χ1v) is 23.4. The SMILES string of the molecule is Cc1nc(N2CCN(c3ccc(F)c(S(C)(=O)=O)c3)C[C@H]2C(C)C)ncc1C(C)O.Cc1nc(N2CCN(c3ccc(F)c(S(C)(=O)=O)c3)C[C@H]2C(C)C)ncc1CO. The van der Waals surface area contributed by atoms with Crippen molar-refractivity contribution in [3.63, 3.8) is 0 Å². The third kappa shape index (κ3) is 10.6. The molecular weight excluding hydrogens is 803 g/mol. The highest BCUT2D eigenvalue weighted by atomic mass is 32.2. The average Bonchev–Trinajstić information content (AvgIpc) is 3.17. The molecule has 2 saturated heterocycles. The average molecular weight is 859 g/mol. The lowest BCUT2D eigenvalue weighted by atomic mass is 9.99. The number of piperazine rings is 2. The molecular formula is C41H56F2N8O6S2. The number of hydrogen-bond acceptors (Lipinski definition) is 14. The van der Waals surface area contributed by atoms with Gasteiger partial charge in [0.2, 0.25) is 11.9 Å². The highest BCUT2D eigenvalue weighted by Crippen LogP contribution is 2.31. The highest BCUT2D eigenvalue weighted by Gasteiger charge is 2.34. The van der Waals surface area contributed by atoms with Crippen LogP contribution in [0.2, 0.25) is 0 Å². The van der Waals surface area contributed by atoms with Crippen LogP contribution in [-0.4, -0.2) is 111 Å². The summed E-state index contributed by atoms with van der Waals surface area (Å²) < 4.78 is 75.6. The van der Waals surface area contributed by atoms with Gasteiger partial charge < -0.3 is 29.8 Å². The molecule has 0 radical (unpaired) electrons. The number of hydrogen-bond donors (Lipinski definition) is 2. The Labute approximate surface area is 346 Å². The van der Waals surface area contributed by atoms with E-state index < -0.39 is 37.4 Å². The van der Waals surface area contributed by atoms with Crippen molar-refractivity contribution >= 4 is 42.9 Å². The maximum atomic E-state index is 14.0. The van der Waals surface area contributed by atoms with E-state index in [-0.39, 0.29) is 40.3 Å². The number of rotatable bonds is 10. The van der Waals surface area contributed by atoms with Crippen molar-refractivity contribution in [2.24, 2.45) is 11.8 Å². The van der Waals surface area contributed by atoms with Crippen molar-refractivity contribution in [1.82, 2.24) is 19.9 Å². The van der Waals surface area contributed by atoms with Crippen molar-refractivity contribution in [3.05, 3.63) is 82.9 Å². The van der Waals surface area contributed by atoms with Gasteiger partial charge in [0, 0.05) is 98.1 Å². The zero-order valence-electron chi connectivity index (χ0n) is 35.1. The lowest BCUT2D eigenvalue weighted by molar-refractivity contribution is 0.197. The number of nitrogens with zero attached hydrogens (tertiary/aromatic N) is 8. The van der Waals surface area contributed by atoms with Gasteiger partial charge in [-0.3, -0.25) is 0 Å². The Kier molecular flexibility index (Phi) is 14.2. The minimum absolute atomic E-state index is 0.0855. The molecule has 2 aromatic heterocycles. The summed E-state index contributed by atoms with van der Waals surface area (Å²) >= 11 is 0. The maximum absolute atomic E-state index is 14.0. The number of benzene rings is 2. The molecule has 2 aliphatic rings. The summed E-state index contributed by atoms with van der Waals surface area (Å²) in [5.74, 6) is 0.336. The highest BCUT2D eigenvalue weighted by molar-refractivity contribution is 7.91. The van der Waals surface area contributed by atoms with Crippen LogP contribution >= 0.6 is 0 Å². The van der Waals surface area contributed by atoms with E-state index in [1.54, 1.807) is 31.5 Å². The summed E-state index contributed by atoms with van der Waals surface area (Å²) in [5.41, 5.74) is 4.27. The van der Waals surface area contributed by atoms with Crippen LogP contribution in [0.15, 0.2) is 58.6 Å². The molecule has 18 heteroatoms. The van der Waals surface area contributed by atoms with Gasteiger partial charge in [0.25, 0.3) is 0 Å². The van der Waals surface area contributed by atoms with Crippen LogP contribution in [0.5, 0.6) is 0 Å². The van der Waals surface area contributed by atoms with Crippen molar-refractivity contribution in [1.29, 1.82) is 0 Å². The molecule has 14 nitrogen and oxygen atoms in total. The van der Waals surface area contributed by atoms with E-state index in [0.717, 1.165) is 23.9 Å². The van der Waals surface area contributed by atoms with E-state index in [9.17, 15) is 35.8 Å². The summed E-state index contributed by atoms with van der Waals surface area (Å²) in [5, 5.41) is 19.2. The molecule has 59 heavy (non-hydrogen) atoms. The number of aliphatic hydroxyl groups excluding tert-OH is 2.